The van der Waals surface area contributed by atoms with E-state index in [4.69, 9.17) is 9.84 Å². The molecular formula is C9H13NO3. The Hall–Kier alpha value is -1.13. The second-order valence-corrected chi connectivity index (χ2v) is 2.68. The first-order valence-corrected chi connectivity index (χ1v) is 4.07. The lowest BCUT2D eigenvalue weighted by Gasteiger charge is -2.05. The monoisotopic (exact) mass is 183 g/mol. The first-order chi connectivity index (χ1) is 6.29. The Morgan fingerprint density at radius 1 is 1.62 bits per heavy atom. The van der Waals surface area contributed by atoms with E-state index in [2.05, 4.69) is 0 Å². The van der Waals surface area contributed by atoms with E-state index in [-0.39, 0.29) is 12.2 Å². The fourth-order valence-corrected chi connectivity index (χ4v) is 1.07. The number of ether oxygens (including phenoxy) is 1. The molecule has 0 saturated carbocycles. The standard InChI is InChI=1S/C9H13NO3/c1-13-6-5-10-4-2-3-8(7-11)9(10)12/h2-4,11H,5-7H2,1H3. The lowest BCUT2D eigenvalue weighted by molar-refractivity contribution is 0.185. The summed E-state index contributed by atoms with van der Waals surface area (Å²) in [6.45, 7) is 0.796. The molecule has 0 spiro atoms. The predicted molar refractivity (Wildman–Crippen MR) is 48.5 cm³/mol. The third-order valence-electron chi connectivity index (χ3n) is 1.81. The van der Waals surface area contributed by atoms with Crippen LogP contribution >= 0.6 is 0 Å². The Labute approximate surface area is 76.4 Å². The molecule has 0 saturated heterocycles. The van der Waals surface area contributed by atoms with Crippen LogP contribution in [0.3, 0.4) is 0 Å². The number of aliphatic hydroxyl groups is 1. The Bertz CT molecular complexity index is 319. The van der Waals surface area contributed by atoms with E-state index in [9.17, 15) is 4.79 Å². The van der Waals surface area contributed by atoms with E-state index in [1.807, 2.05) is 0 Å². The van der Waals surface area contributed by atoms with E-state index in [1.54, 1.807) is 25.4 Å². The van der Waals surface area contributed by atoms with Crippen molar-refractivity contribution >= 4 is 0 Å². The smallest absolute Gasteiger partial charge is 0.256 e. The van der Waals surface area contributed by atoms with Crippen LogP contribution in [-0.4, -0.2) is 23.4 Å². The summed E-state index contributed by atoms with van der Waals surface area (Å²) in [5, 5.41) is 8.82. The summed E-state index contributed by atoms with van der Waals surface area (Å²) < 4.78 is 6.37. The third-order valence-corrected chi connectivity index (χ3v) is 1.81. The van der Waals surface area contributed by atoms with Gasteiger partial charge in [0, 0.05) is 25.4 Å². The van der Waals surface area contributed by atoms with Gasteiger partial charge in [-0.2, -0.15) is 0 Å². The van der Waals surface area contributed by atoms with Crippen molar-refractivity contribution in [3.8, 4) is 0 Å². The molecular weight excluding hydrogens is 170 g/mol. The van der Waals surface area contributed by atoms with Crippen LogP contribution in [0.4, 0.5) is 0 Å². The van der Waals surface area contributed by atoms with Gasteiger partial charge in [0.05, 0.1) is 13.2 Å². The number of nitrogens with zero attached hydrogens (tertiary/aromatic N) is 1. The van der Waals surface area contributed by atoms with Crippen molar-refractivity contribution in [2.45, 2.75) is 13.2 Å². The molecule has 4 heteroatoms. The topological polar surface area (TPSA) is 51.5 Å². The van der Waals surface area contributed by atoms with Crippen LogP contribution in [0.2, 0.25) is 0 Å². The van der Waals surface area contributed by atoms with Gasteiger partial charge in [0.2, 0.25) is 0 Å². The molecule has 0 aliphatic heterocycles. The van der Waals surface area contributed by atoms with Gasteiger partial charge in [-0.3, -0.25) is 4.79 Å². The minimum atomic E-state index is -0.216. The summed E-state index contributed by atoms with van der Waals surface area (Å²) in [4.78, 5) is 11.5. The quantitative estimate of drug-likeness (QED) is 0.714. The zero-order valence-electron chi connectivity index (χ0n) is 7.56. The van der Waals surface area contributed by atoms with Crippen LogP contribution in [0, 0.1) is 0 Å². The van der Waals surface area contributed by atoms with Gasteiger partial charge >= 0.3 is 0 Å². The minimum Gasteiger partial charge on any atom is -0.391 e. The van der Waals surface area contributed by atoms with Crippen molar-refractivity contribution in [2.75, 3.05) is 13.7 Å². The maximum Gasteiger partial charge on any atom is 0.256 e. The van der Waals surface area contributed by atoms with Crippen LogP contribution < -0.4 is 5.56 Å². The molecule has 0 aromatic carbocycles. The second-order valence-electron chi connectivity index (χ2n) is 2.68. The van der Waals surface area contributed by atoms with Crippen molar-refractivity contribution in [2.24, 2.45) is 0 Å². The fourth-order valence-electron chi connectivity index (χ4n) is 1.07. The molecule has 0 atom stereocenters. The lowest BCUT2D eigenvalue weighted by Crippen LogP contribution is -2.24. The highest BCUT2D eigenvalue weighted by Crippen LogP contribution is 1.91. The molecule has 1 N–H and O–H groups in total. The normalized spacial score (nSPS) is 10.3. The summed E-state index contributed by atoms with van der Waals surface area (Å²) in [7, 11) is 1.58. The van der Waals surface area contributed by atoms with Crippen molar-refractivity contribution in [3.63, 3.8) is 0 Å². The molecule has 1 heterocycles. The molecule has 4 nitrogen and oxygen atoms in total. The van der Waals surface area contributed by atoms with E-state index >= 15 is 0 Å². The van der Waals surface area contributed by atoms with Gasteiger partial charge in [0.25, 0.3) is 5.56 Å². The lowest BCUT2D eigenvalue weighted by atomic mass is 10.3. The van der Waals surface area contributed by atoms with Crippen molar-refractivity contribution in [1.29, 1.82) is 0 Å². The average molecular weight is 183 g/mol. The molecule has 13 heavy (non-hydrogen) atoms. The van der Waals surface area contributed by atoms with Gasteiger partial charge in [-0.1, -0.05) is 0 Å². The van der Waals surface area contributed by atoms with Gasteiger partial charge in [-0.05, 0) is 12.1 Å². The van der Waals surface area contributed by atoms with Gasteiger partial charge < -0.3 is 14.4 Å². The zero-order chi connectivity index (χ0) is 9.68. The van der Waals surface area contributed by atoms with Crippen LogP contribution in [0.25, 0.3) is 0 Å². The number of hydrogen-bond acceptors (Lipinski definition) is 3. The van der Waals surface area contributed by atoms with E-state index in [0.717, 1.165) is 0 Å². The Kier molecular flexibility index (Phi) is 3.67. The molecule has 72 valence electrons. The highest BCUT2D eigenvalue weighted by Gasteiger charge is 2.00. The summed E-state index contributed by atoms with van der Waals surface area (Å²) in [6.07, 6.45) is 1.68. The van der Waals surface area contributed by atoms with Crippen LogP contribution in [0.1, 0.15) is 5.56 Å². The first-order valence-electron chi connectivity index (χ1n) is 4.07. The fraction of sp³-hybridized carbons (Fsp3) is 0.444. The summed E-state index contributed by atoms with van der Waals surface area (Å²) in [6, 6.07) is 3.36. The van der Waals surface area contributed by atoms with E-state index in [0.29, 0.717) is 18.7 Å². The number of aliphatic hydroxyl groups excluding tert-OH is 1. The van der Waals surface area contributed by atoms with Crippen LogP contribution in [-0.2, 0) is 17.9 Å². The predicted octanol–water partition coefficient (Wildman–Crippen LogP) is -0.0130. The van der Waals surface area contributed by atoms with Gasteiger partial charge in [-0.25, -0.2) is 0 Å². The highest BCUT2D eigenvalue weighted by molar-refractivity contribution is 5.08. The van der Waals surface area contributed by atoms with Crippen molar-refractivity contribution in [1.82, 2.24) is 4.57 Å². The Balaban J connectivity index is 2.88. The maximum atomic E-state index is 11.5. The van der Waals surface area contributed by atoms with Crippen molar-refractivity contribution < 1.29 is 9.84 Å². The molecule has 1 aromatic heterocycles. The molecule has 0 unspecified atom stereocenters. The Morgan fingerprint density at radius 2 is 2.38 bits per heavy atom. The zero-order valence-corrected chi connectivity index (χ0v) is 7.56. The van der Waals surface area contributed by atoms with Gasteiger partial charge in [0.1, 0.15) is 0 Å². The van der Waals surface area contributed by atoms with E-state index < -0.39 is 0 Å². The van der Waals surface area contributed by atoms with Gasteiger partial charge in [-0.15, -0.1) is 0 Å². The van der Waals surface area contributed by atoms with Crippen LogP contribution in [0.5, 0.6) is 0 Å². The largest absolute Gasteiger partial charge is 0.391 e. The first kappa shape index (κ1) is 9.95. The molecule has 0 amide bonds. The maximum absolute atomic E-state index is 11.5. The summed E-state index contributed by atoms with van der Waals surface area (Å²) >= 11 is 0. The molecule has 1 rings (SSSR count). The van der Waals surface area contributed by atoms with Crippen molar-refractivity contribution in [3.05, 3.63) is 34.2 Å². The number of rotatable bonds is 4. The number of aromatic nitrogens is 1. The molecule has 0 aliphatic rings. The molecule has 0 aliphatic carbocycles. The molecule has 0 bridgehead atoms. The SMILES string of the molecule is COCCn1cccc(CO)c1=O. The third kappa shape index (κ3) is 2.40. The highest BCUT2D eigenvalue weighted by atomic mass is 16.5. The van der Waals surface area contributed by atoms with Crippen LogP contribution in [0.15, 0.2) is 23.1 Å². The second kappa shape index (κ2) is 4.79. The Morgan fingerprint density at radius 3 is 3.00 bits per heavy atom. The van der Waals surface area contributed by atoms with Gasteiger partial charge in [0.15, 0.2) is 0 Å². The van der Waals surface area contributed by atoms with E-state index in [1.165, 1.54) is 4.57 Å². The summed E-state index contributed by atoms with van der Waals surface area (Å²) in [5.74, 6) is 0. The number of pyridine rings is 1. The summed E-state index contributed by atoms with van der Waals surface area (Å²) in [5.41, 5.74) is 0.264. The minimum absolute atomic E-state index is 0.151. The molecule has 0 radical (unpaired) electrons. The average Bonchev–Trinajstić information content (AvgIpc) is 2.16. The number of methoxy groups -OCH3 is 1. The molecule has 0 fully saturated rings. The molecule has 1 aromatic rings. The number of hydrogen-bond donors (Lipinski definition) is 1.